The third kappa shape index (κ3) is 3.19. The van der Waals surface area contributed by atoms with Gasteiger partial charge in [0, 0.05) is 47.9 Å². The summed E-state index contributed by atoms with van der Waals surface area (Å²) in [7, 11) is 4.71. The molecule has 6 nitrogen and oxygen atoms in total. The van der Waals surface area contributed by atoms with E-state index >= 15 is 0 Å². The van der Waals surface area contributed by atoms with Crippen LogP contribution in [0.5, 0.6) is 11.5 Å². The van der Waals surface area contributed by atoms with Crippen LogP contribution in [-0.2, 0) is 7.05 Å². The number of pyridine rings is 1. The summed E-state index contributed by atoms with van der Waals surface area (Å²) >= 11 is 0. The minimum atomic E-state index is -0.317. The van der Waals surface area contributed by atoms with Crippen LogP contribution in [0.15, 0.2) is 53.5 Å². The summed E-state index contributed by atoms with van der Waals surface area (Å²) in [4.78, 5) is 25.0. The molecule has 0 bridgehead atoms. The molecular weight excluding hydrogens is 320 g/mol. The maximum Gasteiger partial charge on any atom is 0.258 e. The molecule has 0 aliphatic heterocycles. The van der Waals surface area contributed by atoms with Crippen molar-refractivity contribution in [1.82, 2.24) is 4.57 Å². The van der Waals surface area contributed by atoms with Crippen molar-refractivity contribution in [1.29, 1.82) is 0 Å². The maximum absolute atomic E-state index is 12.8. The monoisotopic (exact) mass is 338 g/mol. The molecule has 0 spiro atoms. The lowest BCUT2D eigenvalue weighted by Gasteiger charge is -2.12. The fraction of sp³-hybridized carbons (Fsp3) is 0.158. The van der Waals surface area contributed by atoms with Crippen molar-refractivity contribution in [2.75, 3.05) is 19.5 Å². The van der Waals surface area contributed by atoms with Gasteiger partial charge in [-0.15, -0.1) is 0 Å². The van der Waals surface area contributed by atoms with Crippen molar-refractivity contribution >= 4 is 22.4 Å². The van der Waals surface area contributed by atoms with Crippen LogP contribution in [0.1, 0.15) is 10.4 Å². The largest absolute Gasteiger partial charge is 0.497 e. The van der Waals surface area contributed by atoms with Crippen molar-refractivity contribution in [3.8, 4) is 11.5 Å². The second kappa shape index (κ2) is 6.68. The van der Waals surface area contributed by atoms with E-state index in [0.29, 0.717) is 33.5 Å². The molecular formula is C19H18N2O4. The van der Waals surface area contributed by atoms with E-state index in [1.54, 1.807) is 63.7 Å². The number of carbonyl (C=O) groups excluding carboxylic acids is 1. The average molecular weight is 338 g/mol. The SMILES string of the molecule is COc1cc(NC(=O)c2cn(C)c(=O)c3ccccc23)cc(OC)c1. The first-order valence-corrected chi connectivity index (χ1v) is 7.66. The summed E-state index contributed by atoms with van der Waals surface area (Å²) in [5, 5.41) is 3.94. The van der Waals surface area contributed by atoms with Crippen LogP contribution in [0.3, 0.4) is 0 Å². The fourth-order valence-corrected chi connectivity index (χ4v) is 2.68. The Kier molecular flexibility index (Phi) is 4.43. The van der Waals surface area contributed by atoms with Gasteiger partial charge in [0.05, 0.1) is 19.8 Å². The zero-order valence-corrected chi connectivity index (χ0v) is 14.2. The molecule has 1 amide bonds. The molecule has 128 valence electrons. The van der Waals surface area contributed by atoms with E-state index in [-0.39, 0.29) is 11.5 Å². The molecule has 0 aliphatic rings. The number of nitrogens with zero attached hydrogens (tertiary/aromatic N) is 1. The molecule has 3 rings (SSSR count). The van der Waals surface area contributed by atoms with Gasteiger partial charge in [-0.3, -0.25) is 9.59 Å². The van der Waals surface area contributed by atoms with Gasteiger partial charge in [0.25, 0.3) is 11.5 Å². The predicted molar refractivity (Wildman–Crippen MR) is 96.7 cm³/mol. The van der Waals surface area contributed by atoms with E-state index in [0.717, 1.165) is 0 Å². The quantitative estimate of drug-likeness (QED) is 0.794. The summed E-state index contributed by atoms with van der Waals surface area (Å²) < 4.78 is 11.8. The molecule has 0 unspecified atom stereocenters. The summed E-state index contributed by atoms with van der Waals surface area (Å²) in [6, 6.07) is 12.2. The Morgan fingerprint density at radius 2 is 1.60 bits per heavy atom. The highest BCUT2D eigenvalue weighted by molar-refractivity contribution is 6.12. The molecule has 0 fully saturated rings. The van der Waals surface area contributed by atoms with Gasteiger partial charge < -0.3 is 19.4 Å². The molecule has 0 atom stereocenters. The smallest absolute Gasteiger partial charge is 0.258 e. The Hall–Kier alpha value is -3.28. The van der Waals surface area contributed by atoms with E-state index in [1.165, 1.54) is 10.8 Å². The Morgan fingerprint density at radius 3 is 2.20 bits per heavy atom. The number of amides is 1. The number of methoxy groups -OCH3 is 2. The molecule has 1 heterocycles. The highest BCUT2D eigenvalue weighted by Crippen LogP contribution is 2.26. The fourth-order valence-electron chi connectivity index (χ4n) is 2.68. The third-order valence-electron chi connectivity index (χ3n) is 3.94. The number of aromatic nitrogens is 1. The first kappa shape index (κ1) is 16.6. The Morgan fingerprint density at radius 1 is 1.00 bits per heavy atom. The molecule has 0 saturated carbocycles. The van der Waals surface area contributed by atoms with Crippen LogP contribution in [-0.4, -0.2) is 24.7 Å². The minimum absolute atomic E-state index is 0.143. The molecule has 0 saturated heterocycles. The lowest BCUT2D eigenvalue weighted by atomic mass is 10.1. The van der Waals surface area contributed by atoms with Crippen LogP contribution in [0.4, 0.5) is 5.69 Å². The van der Waals surface area contributed by atoms with Crippen LogP contribution in [0.2, 0.25) is 0 Å². The highest BCUT2D eigenvalue weighted by atomic mass is 16.5. The number of hydrogen-bond donors (Lipinski definition) is 1. The lowest BCUT2D eigenvalue weighted by molar-refractivity contribution is 0.102. The number of nitrogens with one attached hydrogen (secondary N) is 1. The molecule has 2 aromatic carbocycles. The summed E-state index contributed by atoms with van der Waals surface area (Å²) in [5.41, 5.74) is 0.814. The van der Waals surface area contributed by atoms with Gasteiger partial charge in [-0.05, 0) is 6.07 Å². The van der Waals surface area contributed by atoms with E-state index in [4.69, 9.17) is 9.47 Å². The number of fused-ring (bicyclic) bond motifs is 1. The van der Waals surface area contributed by atoms with Crippen molar-refractivity contribution in [3.05, 3.63) is 64.6 Å². The van der Waals surface area contributed by atoms with Crippen molar-refractivity contribution in [3.63, 3.8) is 0 Å². The minimum Gasteiger partial charge on any atom is -0.497 e. The van der Waals surface area contributed by atoms with Gasteiger partial charge in [0.2, 0.25) is 0 Å². The van der Waals surface area contributed by atoms with E-state index < -0.39 is 0 Å². The predicted octanol–water partition coefficient (Wildman–Crippen LogP) is 2.81. The number of anilines is 1. The highest BCUT2D eigenvalue weighted by Gasteiger charge is 2.14. The van der Waals surface area contributed by atoms with Crippen LogP contribution in [0, 0.1) is 0 Å². The van der Waals surface area contributed by atoms with E-state index in [9.17, 15) is 9.59 Å². The van der Waals surface area contributed by atoms with E-state index in [1.807, 2.05) is 0 Å². The number of aryl methyl sites for hydroxylation is 1. The molecule has 1 aromatic heterocycles. The Balaban J connectivity index is 2.04. The number of hydrogen-bond acceptors (Lipinski definition) is 4. The maximum atomic E-state index is 12.8. The average Bonchev–Trinajstić information content (AvgIpc) is 2.64. The second-order valence-electron chi connectivity index (χ2n) is 5.56. The van der Waals surface area contributed by atoms with Gasteiger partial charge in [-0.1, -0.05) is 18.2 Å². The Bertz CT molecular complexity index is 986. The molecule has 3 aromatic rings. The van der Waals surface area contributed by atoms with Crippen LogP contribution < -0.4 is 20.3 Å². The molecule has 0 aliphatic carbocycles. The number of benzene rings is 2. The summed E-state index contributed by atoms with van der Waals surface area (Å²) in [6.07, 6.45) is 1.54. The number of ether oxygens (including phenoxy) is 2. The third-order valence-corrected chi connectivity index (χ3v) is 3.94. The zero-order valence-electron chi connectivity index (χ0n) is 14.2. The van der Waals surface area contributed by atoms with Gasteiger partial charge in [-0.2, -0.15) is 0 Å². The lowest BCUT2D eigenvalue weighted by Crippen LogP contribution is -2.21. The molecule has 1 N–H and O–H groups in total. The summed E-state index contributed by atoms with van der Waals surface area (Å²) in [5.74, 6) is 0.821. The number of carbonyl (C=O) groups is 1. The van der Waals surface area contributed by atoms with Crippen LogP contribution >= 0.6 is 0 Å². The second-order valence-corrected chi connectivity index (χ2v) is 5.56. The Labute approximate surface area is 144 Å². The summed E-state index contributed by atoms with van der Waals surface area (Å²) in [6.45, 7) is 0. The van der Waals surface area contributed by atoms with Gasteiger partial charge in [0.1, 0.15) is 11.5 Å². The molecule has 0 radical (unpaired) electrons. The van der Waals surface area contributed by atoms with Crippen molar-refractivity contribution in [2.45, 2.75) is 0 Å². The standard InChI is InChI=1S/C19H18N2O4/c1-21-11-17(15-6-4-5-7-16(15)19(21)23)18(22)20-12-8-13(24-2)10-14(9-12)25-3/h4-11H,1-3H3,(H,20,22). The van der Waals surface area contributed by atoms with Gasteiger partial charge in [0.15, 0.2) is 0 Å². The van der Waals surface area contributed by atoms with E-state index in [2.05, 4.69) is 5.32 Å². The number of rotatable bonds is 4. The molecule has 6 heteroatoms. The van der Waals surface area contributed by atoms with Gasteiger partial charge >= 0.3 is 0 Å². The molecule has 25 heavy (non-hydrogen) atoms. The normalized spacial score (nSPS) is 10.5. The van der Waals surface area contributed by atoms with Crippen molar-refractivity contribution in [2.24, 2.45) is 7.05 Å². The van der Waals surface area contributed by atoms with Crippen molar-refractivity contribution < 1.29 is 14.3 Å². The van der Waals surface area contributed by atoms with Gasteiger partial charge in [-0.25, -0.2) is 0 Å². The zero-order chi connectivity index (χ0) is 18.0. The topological polar surface area (TPSA) is 69.6 Å². The first-order valence-electron chi connectivity index (χ1n) is 7.66. The van der Waals surface area contributed by atoms with Crippen LogP contribution in [0.25, 0.3) is 10.8 Å². The first-order chi connectivity index (χ1) is 12.0.